The molecule has 0 amide bonds. The molecule has 2 heterocycles. The standard InChI is InChI=1S/C18H17ClN2O2S/c1-2-20-10-13-6-5-8-16-18(13)14(11-20)12-21(16)24(22,23)17-9-4-3-7-15(17)19/h3-9,12H,2,10-11H2,1H3. The summed E-state index contributed by atoms with van der Waals surface area (Å²) in [6.07, 6.45) is 1.74. The average molecular weight is 361 g/mol. The van der Waals surface area contributed by atoms with Gasteiger partial charge in [-0.2, -0.15) is 0 Å². The van der Waals surface area contributed by atoms with Crippen LogP contribution in [0.1, 0.15) is 18.1 Å². The van der Waals surface area contributed by atoms with Crippen LogP contribution < -0.4 is 0 Å². The molecule has 24 heavy (non-hydrogen) atoms. The van der Waals surface area contributed by atoms with E-state index in [4.69, 9.17) is 11.6 Å². The first-order valence-corrected chi connectivity index (χ1v) is 9.68. The van der Waals surface area contributed by atoms with Gasteiger partial charge in [-0.25, -0.2) is 12.4 Å². The summed E-state index contributed by atoms with van der Waals surface area (Å²) >= 11 is 6.14. The monoisotopic (exact) mass is 360 g/mol. The van der Waals surface area contributed by atoms with Gasteiger partial charge >= 0.3 is 0 Å². The van der Waals surface area contributed by atoms with Crippen LogP contribution in [0.4, 0.5) is 0 Å². The van der Waals surface area contributed by atoms with Gasteiger partial charge in [-0.05, 0) is 35.9 Å². The van der Waals surface area contributed by atoms with Crippen molar-refractivity contribution in [3.63, 3.8) is 0 Å². The number of nitrogens with zero attached hydrogens (tertiary/aromatic N) is 2. The summed E-state index contributed by atoms with van der Waals surface area (Å²) in [5.41, 5.74) is 2.94. The highest BCUT2D eigenvalue weighted by molar-refractivity contribution is 7.90. The zero-order valence-electron chi connectivity index (χ0n) is 13.2. The zero-order chi connectivity index (χ0) is 16.9. The van der Waals surface area contributed by atoms with Gasteiger partial charge in [0.1, 0.15) is 4.90 Å². The van der Waals surface area contributed by atoms with E-state index in [0.717, 1.165) is 36.1 Å². The van der Waals surface area contributed by atoms with E-state index in [2.05, 4.69) is 17.9 Å². The molecule has 3 aromatic rings. The van der Waals surface area contributed by atoms with E-state index in [1.807, 2.05) is 12.1 Å². The smallest absolute Gasteiger partial charge is 0.269 e. The molecule has 0 spiro atoms. The van der Waals surface area contributed by atoms with Crippen LogP contribution in [0.25, 0.3) is 10.9 Å². The van der Waals surface area contributed by atoms with E-state index in [1.165, 1.54) is 9.54 Å². The van der Waals surface area contributed by atoms with Crippen LogP contribution in [0.2, 0.25) is 5.02 Å². The maximum Gasteiger partial charge on any atom is 0.269 e. The van der Waals surface area contributed by atoms with Crippen LogP contribution >= 0.6 is 11.6 Å². The molecule has 4 nitrogen and oxygen atoms in total. The molecule has 0 saturated carbocycles. The Bertz CT molecular complexity index is 1040. The predicted molar refractivity (Wildman–Crippen MR) is 95.8 cm³/mol. The summed E-state index contributed by atoms with van der Waals surface area (Å²) < 4.78 is 27.7. The molecular formula is C18H17ClN2O2S. The second kappa shape index (κ2) is 5.62. The Morgan fingerprint density at radius 3 is 2.54 bits per heavy atom. The minimum absolute atomic E-state index is 0.132. The first-order chi connectivity index (χ1) is 11.5. The van der Waals surface area contributed by atoms with E-state index < -0.39 is 10.0 Å². The Hall–Kier alpha value is -1.82. The van der Waals surface area contributed by atoms with Crippen molar-refractivity contribution in [3.8, 4) is 0 Å². The lowest BCUT2D eigenvalue weighted by atomic mass is 10.0. The fourth-order valence-electron chi connectivity index (χ4n) is 3.39. The molecule has 4 rings (SSSR count). The summed E-state index contributed by atoms with van der Waals surface area (Å²) in [5, 5.41) is 1.29. The molecular weight excluding hydrogens is 344 g/mol. The number of rotatable bonds is 3. The Balaban J connectivity index is 1.97. The zero-order valence-corrected chi connectivity index (χ0v) is 14.8. The quantitative estimate of drug-likeness (QED) is 0.712. The molecule has 6 heteroatoms. The van der Waals surface area contributed by atoms with Gasteiger partial charge in [-0.3, -0.25) is 4.90 Å². The van der Waals surface area contributed by atoms with Gasteiger partial charge in [-0.1, -0.05) is 42.8 Å². The van der Waals surface area contributed by atoms with Gasteiger partial charge < -0.3 is 0 Å². The van der Waals surface area contributed by atoms with Crippen molar-refractivity contribution < 1.29 is 8.42 Å². The molecule has 0 bridgehead atoms. The predicted octanol–water partition coefficient (Wildman–Crippen LogP) is 3.87. The number of hydrogen-bond acceptors (Lipinski definition) is 3. The molecule has 0 fully saturated rings. The maximum absolute atomic E-state index is 13.1. The summed E-state index contributed by atoms with van der Waals surface area (Å²) in [7, 11) is -3.73. The van der Waals surface area contributed by atoms with Crippen molar-refractivity contribution in [1.29, 1.82) is 0 Å². The largest absolute Gasteiger partial charge is 0.295 e. The van der Waals surface area contributed by atoms with E-state index in [1.54, 1.807) is 30.5 Å². The average Bonchev–Trinajstić information content (AvgIpc) is 2.96. The van der Waals surface area contributed by atoms with E-state index >= 15 is 0 Å². The lowest BCUT2D eigenvalue weighted by Gasteiger charge is -2.25. The van der Waals surface area contributed by atoms with Gasteiger partial charge in [0.05, 0.1) is 10.5 Å². The lowest BCUT2D eigenvalue weighted by molar-refractivity contribution is 0.267. The molecule has 0 atom stereocenters. The SMILES string of the molecule is CCN1Cc2cccc3c2c(cn3S(=O)(=O)c2ccccc2Cl)C1. The lowest BCUT2D eigenvalue weighted by Crippen LogP contribution is -2.25. The molecule has 1 aromatic heterocycles. The summed E-state index contributed by atoms with van der Waals surface area (Å²) in [6, 6.07) is 12.4. The minimum Gasteiger partial charge on any atom is -0.295 e. The molecule has 1 aliphatic rings. The highest BCUT2D eigenvalue weighted by Gasteiger charge is 2.27. The normalized spacial score (nSPS) is 15.1. The molecule has 2 aromatic carbocycles. The van der Waals surface area contributed by atoms with Crippen LogP contribution in [0.3, 0.4) is 0 Å². The Morgan fingerprint density at radius 1 is 1.04 bits per heavy atom. The molecule has 1 aliphatic heterocycles. The van der Waals surface area contributed by atoms with Gasteiger partial charge in [0.2, 0.25) is 0 Å². The third-order valence-corrected chi connectivity index (χ3v) is 6.74. The van der Waals surface area contributed by atoms with Gasteiger partial charge in [0.15, 0.2) is 0 Å². The molecule has 0 N–H and O–H groups in total. The molecule has 124 valence electrons. The second-order valence-electron chi connectivity index (χ2n) is 6.00. The van der Waals surface area contributed by atoms with E-state index in [0.29, 0.717) is 0 Å². The second-order valence-corrected chi connectivity index (χ2v) is 8.19. The van der Waals surface area contributed by atoms with Crippen LogP contribution in [0.15, 0.2) is 53.6 Å². The van der Waals surface area contributed by atoms with Crippen molar-refractivity contribution in [3.05, 3.63) is 64.8 Å². The molecule has 0 radical (unpaired) electrons. The van der Waals surface area contributed by atoms with Crippen LogP contribution in [0, 0.1) is 0 Å². The van der Waals surface area contributed by atoms with Crippen molar-refractivity contribution in [2.45, 2.75) is 24.9 Å². The number of aromatic nitrogens is 1. The van der Waals surface area contributed by atoms with Gasteiger partial charge in [-0.15, -0.1) is 0 Å². The first kappa shape index (κ1) is 15.7. The Morgan fingerprint density at radius 2 is 1.79 bits per heavy atom. The van der Waals surface area contributed by atoms with Crippen molar-refractivity contribution in [2.24, 2.45) is 0 Å². The fraction of sp³-hybridized carbons (Fsp3) is 0.222. The van der Waals surface area contributed by atoms with Gasteiger partial charge in [0, 0.05) is 24.7 Å². The van der Waals surface area contributed by atoms with Gasteiger partial charge in [0.25, 0.3) is 10.0 Å². The maximum atomic E-state index is 13.1. The van der Waals surface area contributed by atoms with E-state index in [9.17, 15) is 8.42 Å². The van der Waals surface area contributed by atoms with Crippen LogP contribution in [-0.2, 0) is 23.1 Å². The number of hydrogen-bond donors (Lipinski definition) is 0. The summed E-state index contributed by atoms with van der Waals surface area (Å²) in [4.78, 5) is 2.43. The summed E-state index contributed by atoms with van der Waals surface area (Å²) in [6.45, 7) is 4.65. The van der Waals surface area contributed by atoms with Crippen LogP contribution in [0.5, 0.6) is 0 Å². The Kier molecular flexibility index (Phi) is 3.67. The molecule has 0 saturated heterocycles. The minimum atomic E-state index is -3.73. The highest BCUT2D eigenvalue weighted by Crippen LogP contribution is 2.34. The van der Waals surface area contributed by atoms with Crippen molar-refractivity contribution in [1.82, 2.24) is 8.87 Å². The first-order valence-electron chi connectivity index (χ1n) is 7.86. The summed E-state index contributed by atoms with van der Waals surface area (Å²) in [5.74, 6) is 0. The number of halogens is 1. The number of benzene rings is 2. The Labute approximate surface area is 146 Å². The fourth-order valence-corrected chi connectivity index (χ4v) is 5.27. The highest BCUT2D eigenvalue weighted by atomic mass is 35.5. The third kappa shape index (κ3) is 2.27. The van der Waals surface area contributed by atoms with Crippen LogP contribution in [-0.4, -0.2) is 23.8 Å². The topological polar surface area (TPSA) is 42.3 Å². The molecule has 0 aliphatic carbocycles. The third-order valence-electron chi connectivity index (χ3n) is 4.57. The van der Waals surface area contributed by atoms with Crippen molar-refractivity contribution >= 4 is 32.5 Å². The van der Waals surface area contributed by atoms with E-state index in [-0.39, 0.29) is 9.92 Å². The van der Waals surface area contributed by atoms with Crippen molar-refractivity contribution in [2.75, 3.05) is 6.54 Å². The molecule has 0 unspecified atom stereocenters.